The maximum Gasteiger partial charge on any atom is 0.253 e. The molecule has 1 amide bonds. The molecule has 2 rings (SSSR count). The van der Waals surface area contributed by atoms with Crippen LogP contribution < -0.4 is 11.1 Å². The number of amides is 1. The van der Waals surface area contributed by atoms with Crippen LogP contribution in [0.1, 0.15) is 36.5 Å². The predicted octanol–water partition coefficient (Wildman–Crippen LogP) is 3.06. The minimum Gasteiger partial charge on any atom is -0.397 e. The summed E-state index contributed by atoms with van der Waals surface area (Å²) in [6.07, 6.45) is 3.73. The van der Waals surface area contributed by atoms with E-state index >= 15 is 0 Å². The van der Waals surface area contributed by atoms with E-state index in [0.717, 1.165) is 11.4 Å². The Morgan fingerprint density at radius 1 is 1.43 bits per heavy atom. The average molecular weight is 307 g/mol. The summed E-state index contributed by atoms with van der Waals surface area (Å²) in [6.45, 7) is 2.20. The van der Waals surface area contributed by atoms with Gasteiger partial charge in [-0.15, -0.1) is 0 Å². The van der Waals surface area contributed by atoms with Gasteiger partial charge in [-0.3, -0.25) is 4.79 Å². The molecule has 0 aromatic heterocycles. The van der Waals surface area contributed by atoms with E-state index in [1.165, 1.54) is 19.3 Å². The Hall–Kier alpha value is -1.36. The van der Waals surface area contributed by atoms with Gasteiger partial charge in [-0.05, 0) is 36.8 Å². The van der Waals surface area contributed by atoms with Crippen LogP contribution in [0.25, 0.3) is 0 Å². The average Bonchev–Trinajstić information content (AvgIpc) is 2.88. The normalized spacial score (nSPS) is 21.3. The second-order valence-electron chi connectivity index (χ2n) is 5.68. The van der Waals surface area contributed by atoms with Gasteiger partial charge in [0.1, 0.15) is 0 Å². The smallest absolute Gasteiger partial charge is 0.253 e. The lowest BCUT2D eigenvalue weighted by atomic mass is 10.1. The predicted molar refractivity (Wildman–Crippen MR) is 92.1 cm³/mol. The summed E-state index contributed by atoms with van der Waals surface area (Å²) < 4.78 is 0. The van der Waals surface area contributed by atoms with Crippen molar-refractivity contribution in [2.24, 2.45) is 0 Å². The fourth-order valence-electron chi connectivity index (χ4n) is 2.79. The standard InChI is InChI=1S/C16H25N3OS/c1-4-21-15-7-5-6-14(15)18-13-9-8-11(10-12(13)17)16(20)19(2)3/h8-10,14-15,18H,4-7,17H2,1-3H3. The van der Waals surface area contributed by atoms with Crippen LogP contribution in [0.15, 0.2) is 18.2 Å². The number of nitrogen functional groups attached to an aromatic ring is 1. The van der Waals surface area contributed by atoms with Gasteiger partial charge in [0.2, 0.25) is 0 Å². The van der Waals surface area contributed by atoms with E-state index < -0.39 is 0 Å². The molecule has 0 heterocycles. The Bertz CT molecular complexity index is 504. The second-order valence-corrected chi connectivity index (χ2v) is 7.19. The van der Waals surface area contributed by atoms with Crippen LogP contribution in [0.3, 0.4) is 0 Å². The first-order valence-corrected chi connectivity index (χ1v) is 8.57. The van der Waals surface area contributed by atoms with Crippen LogP contribution in [-0.4, -0.2) is 41.9 Å². The molecule has 0 saturated heterocycles. The minimum atomic E-state index is -0.0199. The molecule has 21 heavy (non-hydrogen) atoms. The topological polar surface area (TPSA) is 58.4 Å². The Morgan fingerprint density at radius 2 is 2.19 bits per heavy atom. The lowest BCUT2D eigenvalue weighted by Crippen LogP contribution is -2.27. The van der Waals surface area contributed by atoms with E-state index in [1.807, 2.05) is 23.9 Å². The zero-order valence-electron chi connectivity index (χ0n) is 13.1. The third-order valence-corrected chi connectivity index (χ3v) is 5.20. The Morgan fingerprint density at radius 3 is 2.81 bits per heavy atom. The Labute approximate surface area is 131 Å². The number of nitrogens with zero attached hydrogens (tertiary/aromatic N) is 1. The summed E-state index contributed by atoms with van der Waals surface area (Å²) in [5.74, 6) is 1.13. The van der Waals surface area contributed by atoms with Gasteiger partial charge < -0.3 is 16.0 Å². The zero-order chi connectivity index (χ0) is 15.4. The highest BCUT2D eigenvalue weighted by Crippen LogP contribution is 2.33. The van der Waals surface area contributed by atoms with Crippen molar-refractivity contribution in [3.8, 4) is 0 Å². The molecule has 116 valence electrons. The lowest BCUT2D eigenvalue weighted by Gasteiger charge is -2.22. The quantitative estimate of drug-likeness (QED) is 0.821. The lowest BCUT2D eigenvalue weighted by molar-refractivity contribution is 0.0827. The molecule has 1 aromatic carbocycles. The first-order chi connectivity index (χ1) is 10.0. The zero-order valence-corrected chi connectivity index (χ0v) is 13.9. The van der Waals surface area contributed by atoms with Gasteiger partial charge in [0.25, 0.3) is 5.91 Å². The highest BCUT2D eigenvalue weighted by atomic mass is 32.2. The van der Waals surface area contributed by atoms with E-state index in [-0.39, 0.29) is 5.91 Å². The molecular weight excluding hydrogens is 282 g/mol. The first-order valence-electron chi connectivity index (χ1n) is 7.52. The second kappa shape index (κ2) is 7.07. The summed E-state index contributed by atoms with van der Waals surface area (Å²) in [6, 6.07) is 6.02. The molecule has 1 aromatic rings. The van der Waals surface area contributed by atoms with Crippen molar-refractivity contribution in [3.63, 3.8) is 0 Å². The maximum atomic E-state index is 11.9. The van der Waals surface area contributed by atoms with Crippen molar-refractivity contribution in [1.29, 1.82) is 0 Å². The number of nitrogens with one attached hydrogen (secondary N) is 1. The van der Waals surface area contributed by atoms with Gasteiger partial charge in [0.15, 0.2) is 0 Å². The third-order valence-electron chi connectivity index (χ3n) is 3.88. The fraction of sp³-hybridized carbons (Fsp3) is 0.562. The molecule has 5 heteroatoms. The van der Waals surface area contributed by atoms with Crippen LogP contribution >= 0.6 is 11.8 Å². The van der Waals surface area contributed by atoms with E-state index in [0.29, 0.717) is 22.5 Å². The van der Waals surface area contributed by atoms with Gasteiger partial charge in [-0.1, -0.05) is 13.3 Å². The van der Waals surface area contributed by atoms with Crippen LogP contribution in [0.5, 0.6) is 0 Å². The number of benzene rings is 1. The van der Waals surface area contributed by atoms with E-state index in [9.17, 15) is 4.79 Å². The third kappa shape index (κ3) is 3.84. The molecule has 0 bridgehead atoms. The summed E-state index contributed by atoms with van der Waals surface area (Å²) in [7, 11) is 3.49. The van der Waals surface area contributed by atoms with Crippen molar-refractivity contribution in [2.45, 2.75) is 37.5 Å². The van der Waals surface area contributed by atoms with Gasteiger partial charge in [0, 0.05) is 31.0 Å². The SMILES string of the molecule is CCSC1CCCC1Nc1ccc(C(=O)N(C)C)cc1N. The number of anilines is 2. The van der Waals surface area contributed by atoms with E-state index in [1.54, 1.807) is 25.1 Å². The van der Waals surface area contributed by atoms with Crippen LogP contribution in [0.2, 0.25) is 0 Å². The van der Waals surface area contributed by atoms with Crippen LogP contribution in [-0.2, 0) is 0 Å². The monoisotopic (exact) mass is 307 g/mol. The van der Waals surface area contributed by atoms with Crippen molar-refractivity contribution < 1.29 is 4.79 Å². The molecule has 2 atom stereocenters. The first kappa shape index (κ1) is 16.0. The number of nitrogens with two attached hydrogens (primary N) is 1. The fourth-order valence-corrected chi connectivity index (χ4v) is 3.99. The maximum absolute atomic E-state index is 11.9. The molecule has 3 N–H and O–H groups in total. The van der Waals surface area contributed by atoms with Gasteiger partial charge in [-0.25, -0.2) is 0 Å². The minimum absolute atomic E-state index is 0.0199. The number of rotatable bonds is 5. The molecule has 2 unspecified atom stereocenters. The molecule has 1 fully saturated rings. The van der Waals surface area contributed by atoms with Gasteiger partial charge in [-0.2, -0.15) is 11.8 Å². The highest BCUT2D eigenvalue weighted by molar-refractivity contribution is 7.99. The van der Waals surface area contributed by atoms with Crippen molar-refractivity contribution in [1.82, 2.24) is 4.90 Å². The van der Waals surface area contributed by atoms with Gasteiger partial charge >= 0.3 is 0 Å². The molecule has 1 aliphatic carbocycles. The molecule has 0 radical (unpaired) electrons. The number of carbonyl (C=O) groups is 1. The van der Waals surface area contributed by atoms with Crippen LogP contribution in [0, 0.1) is 0 Å². The Balaban J connectivity index is 2.09. The van der Waals surface area contributed by atoms with Gasteiger partial charge in [0.05, 0.1) is 11.4 Å². The summed E-state index contributed by atoms with van der Waals surface area (Å²) in [5, 5.41) is 4.23. The van der Waals surface area contributed by atoms with Crippen molar-refractivity contribution in [3.05, 3.63) is 23.8 Å². The summed E-state index contributed by atoms with van der Waals surface area (Å²) in [5.41, 5.74) is 8.34. The molecule has 0 spiro atoms. The Kier molecular flexibility index (Phi) is 5.39. The van der Waals surface area contributed by atoms with E-state index in [2.05, 4.69) is 12.2 Å². The summed E-state index contributed by atoms with van der Waals surface area (Å²) >= 11 is 2.02. The van der Waals surface area contributed by atoms with Crippen molar-refractivity contribution in [2.75, 3.05) is 30.9 Å². The number of hydrogen-bond acceptors (Lipinski definition) is 4. The van der Waals surface area contributed by atoms with E-state index in [4.69, 9.17) is 5.73 Å². The number of carbonyl (C=O) groups excluding carboxylic acids is 1. The molecule has 1 aliphatic rings. The molecular formula is C16H25N3OS. The number of hydrogen-bond donors (Lipinski definition) is 2. The largest absolute Gasteiger partial charge is 0.397 e. The molecule has 4 nitrogen and oxygen atoms in total. The summed E-state index contributed by atoms with van der Waals surface area (Å²) in [4.78, 5) is 13.5. The van der Waals surface area contributed by atoms with Crippen LogP contribution in [0.4, 0.5) is 11.4 Å². The number of thioether (sulfide) groups is 1. The molecule has 1 saturated carbocycles. The highest BCUT2D eigenvalue weighted by Gasteiger charge is 2.27. The molecule has 0 aliphatic heterocycles. The van der Waals surface area contributed by atoms with Crippen molar-refractivity contribution >= 4 is 29.0 Å².